The largest absolute Gasteiger partial charge is 0.496 e. The van der Waals surface area contributed by atoms with Crippen LogP contribution in [0.15, 0.2) is 18.2 Å². The van der Waals surface area contributed by atoms with E-state index in [-0.39, 0.29) is 4.75 Å². The van der Waals surface area contributed by atoms with Crippen LogP contribution in [0.4, 0.5) is 0 Å². The lowest BCUT2D eigenvalue weighted by Crippen LogP contribution is -2.28. The second kappa shape index (κ2) is 4.33. The first-order valence-electron chi connectivity index (χ1n) is 5.89. The van der Waals surface area contributed by atoms with E-state index in [1.165, 1.54) is 23.3 Å². The highest BCUT2D eigenvalue weighted by Crippen LogP contribution is 2.52. The van der Waals surface area contributed by atoms with Crippen LogP contribution in [-0.2, 0) is 4.75 Å². The summed E-state index contributed by atoms with van der Waals surface area (Å²) in [6.45, 7) is 6.80. The molecule has 1 fully saturated rings. The molecule has 0 N–H and O–H groups in total. The number of rotatable bonds is 3. The van der Waals surface area contributed by atoms with E-state index in [1.807, 2.05) is 11.8 Å². The number of methoxy groups -OCH3 is 1. The summed E-state index contributed by atoms with van der Waals surface area (Å²) in [7, 11) is 1.76. The van der Waals surface area contributed by atoms with Crippen molar-refractivity contribution in [1.29, 1.82) is 0 Å². The molecule has 0 radical (unpaired) electrons. The molecule has 1 atom stereocenters. The third-order valence-corrected chi connectivity index (χ3v) is 4.93. The fourth-order valence-electron chi connectivity index (χ4n) is 2.12. The minimum atomic E-state index is 0.274. The molecule has 88 valence electrons. The molecule has 1 aliphatic heterocycles. The molecule has 1 aliphatic rings. The molecule has 0 amide bonds. The minimum absolute atomic E-state index is 0.274. The Morgan fingerprint density at radius 1 is 1.38 bits per heavy atom. The van der Waals surface area contributed by atoms with E-state index in [0.29, 0.717) is 5.92 Å². The Balaban J connectivity index is 2.43. The van der Waals surface area contributed by atoms with E-state index in [2.05, 4.69) is 39.0 Å². The molecule has 0 aromatic heterocycles. The lowest BCUT2D eigenvalue weighted by atomic mass is 9.91. The smallest absolute Gasteiger partial charge is 0.123 e. The lowest BCUT2D eigenvalue weighted by molar-refractivity contribution is 0.401. The number of thioether (sulfide) groups is 1. The van der Waals surface area contributed by atoms with Gasteiger partial charge in [-0.25, -0.2) is 0 Å². The third-order valence-electron chi connectivity index (χ3n) is 3.46. The molecular formula is C14H20OS. The van der Waals surface area contributed by atoms with Crippen molar-refractivity contribution in [3.05, 3.63) is 29.3 Å². The SMILES string of the molecule is COc1ccc(C(C)C)cc1C1(C)CCS1. The first kappa shape index (κ1) is 11.8. The highest BCUT2D eigenvalue weighted by atomic mass is 32.2. The molecule has 2 rings (SSSR count). The summed E-state index contributed by atoms with van der Waals surface area (Å²) in [5, 5.41) is 0. The summed E-state index contributed by atoms with van der Waals surface area (Å²) < 4.78 is 5.76. The van der Waals surface area contributed by atoms with Gasteiger partial charge in [0.1, 0.15) is 5.75 Å². The van der Waals surface area contributed by atoms with E-state index in [0.717, 1.165) is 5.75 Å². The molecule has 0 aliphatic carbocycles. The van der Waals surface area contributed by atoms with Crippen molar-refractivity contribution in [2.45, 2.75) is 37.9 Å². The minimum Gasteiger partial charge on any atom is -0.496 e. The van der Waals surface area contributed by atoms with Crippen LogP contribution in [0, 0.1) is 0 Å². The molecule has 2 heteroatoms. The summed E-state index contributed by atoms with van der Waals surface area (Å²) in [4.78, 5) is 0. The number of hydrogen-bond donors (Lipinski definition) is 0. The Bertz CT molecular complexity index is 380. The van der Waals surface area contributed by atoms with Gasteiger partial charge in [0, 0.05) is 10.3 Å². The molecule has 1 nitrogen and oxygen atoms in total. The van der Waals surface area contributed by atoms with Crippen molar-refractivity contribution in [2.75, 3.05) is 12.9 Å². The van der Waals surface area contributed by atoms with Gasteiger partial charge in [-0.05, 0) is 36.6 Å². The van der Waals surface area contributed by atoms with Crippen molar-refractivity contribution in [3.8, 4) is 5.75 Å². The standard InChI is InChI=1S/C14H20OS/c1-10(2)11-5-6-13(15-4)12(9-11)14(3)7-8-16-14/h5-6,9-10H,7-8H2,1-4H3. The maximum absolute atomic E-state index is 5.49. The van der Waals surface area contributed by atoms with E-state index in [4.69, 9.17) is 4.74 Å². The highest BCUT2D eigenvalue weighted by molar-refractivity contribution is 8.01. The van der Waals surface area contributed by atoms with Crippen molar-refractivity contribution in [2.24, 2.45) is 0 Å². The molecule has 1 unspecified atom stereocenters. The van der Waals surface area contributed by atoms with Gasteiger partial charge in [-0.2, -0.15) is 11.8 Å². The average Bonchev–Trinajstić information content (AvgIpc) is 2.25. The van der Waals surface area contributed by atoms with E-state index < -0.39 is 0 Å². The number of ether oxygens (including phenoxy) is 1. The van der Waals surface area contributed by atoms with Gasteiger partial charge in [0.25, 0.3) is 0 Å². The van der Waals surface area contributed by atoms with Crippen molar-refractivity contribution in [3.63, 3.8) is 0 Å². The van der Waals surface area contributed by atoms with Gasteiger partial charge in [-0.15, -0.1) is 0 Å². The Kier molecular flexibility index (Phi) is 3.20. The van der Waals surface area contributed by atoms with Crippen LogP contribution in [0.5, 0.6) is 5.75 Å². The van der Waals surface area contributed by atoms with Gasteiger partial charge in [-0.3, -0.25) is 0 Å². The van der Waals surface area contributed by atoms with Gasteiger partial charge in [-0.1, -0.05) is 26.0 Å². The maximum Gasteiger partial charge on any atom is 0.123 e. The molecule has 1 saturated heterocycles. The second-order valence-electron chi connectivity index (χ2n) is 4.94. The summed E-state index contributed by atoms with van der Waals surface area (Å²) in [6, 6.07) is 6.63. The number of benzene rings is 1. The molecule has 0 saturated carbocycles. The van der Waals surface area contributed by atoms with Crippen LogP contribution < -0.4 is 4.74 Å². The van der Waals surface area contributed by atoms with Crippen LogP contribution >= 0.6 is 11.8 Å². The lowest BCUT2D eigenvalue weighted by Gasteiger charge is -2.39. The maximum atomic E-state index is 5.49. The molecule has 1 aromatic rings. The summed E-state index contributed by atoms with van der Waals surface area (Å²) in [5.41, 5.74) is 2.78. The molecule has 1 heterocycles. The molecule has 1 aromatic carbocycles. The van der Waals surface area contributed by atoms with Crippen molar-refractivity contribution >= 4 is 11.8 Å². The summed E-state index contributed by atoms with van der Waals surface area (Å²) >= 11 is 2.03. The van der Waals surface area contributed by atoms with Gasteiger partial charge >= 0.3 is 0 Å². The highest BCUT2D eigenvalue weighted by Gasteiger charge is 2.37. The predicted octanol–water partition coefficient (Wildman–Crippen LogP) is 4.17. The van der Waals surface area contributed by atoms with Crippen LogP contribution in [0.3, 0.4) is 0 Å². The van der Waals surface area contributed by atoms with E-state index in [9.17, 15) is 0 Å². The van der Waals surface area contributed by atoms with Crippen LogP contribution in [0.1, 0.15) is 44.2 Å². The molecular weight excluding hydrogens is 216 g/mol. The van der Waals surface area contributed by atoms with E-state index in [1.54, 1.807) is 7.11 Å². The van der Waals surface area contributed by atoms with Crippen LogP contribution in [0.2, 0.25) is 0 Å². The third kappa shape index (κ3) is 1.95. The molecule has 16 heavy (non-hydrogen) atoms. The Morgan fingerprint density at radius 3 is 2.50 bits per heavy atom. The quantitative estimate of drug-likeness (QED) is 0.779. The zero-order valence-corrected chi connectivity index (χ0v) is 11.4. The monoisotopic (exact) mass is 236 g/mol. The van der Waals surface area contributed by atoms with Gasteiger partial charge < -0.3 is 4.74 Å². The van der Waals surface area contributed by atoms with Crippen molar-refractivity contribution in [1.82, 2.24) is 0 Å². The normalized spacial score (nSPS) is 24.3. The van der Waals surface area contributed by atoms with E-state index >= 15 is 0 Å². The summed E-state index contributed by atoms with van der Waals surface area (Å²) in [5.74, 6) is 2.89. The second-order valence-corrected chi connectivity index (χ2v) is 6.54. The van der Waals surface area contributed by atoms with Gasteiger partial charge in [0.05, 0.1) is 7.11 Å². The Morgan fingerprint density at radius 2 is 2.06 bits per heavy atom. The average molecular weight is 236 g/mol. The first-order valence-corrected chi connectivity index (χ1v) is 6.88. The van der Waals surface area contributed by atoms with Gasteiger partial charge in [0.15, 0.2) is 0 Å². The predicted molar refractivity (Wildman–Crippen MR) is 71.5 cm³/mol. The number of hydrogen-bond acceptors (Lipinski definition) is 2. The fourth-order valence-corrected chi connectivity index (χ4v) is 3.25. The molecule has 0 bridgehead atoms. The van der Waals surface area contributed by atoms with Crippen LogP contribution in [-0.4, -0.2) is 12.9 Å². The fraction of sp³-hybridized carbons (Fsp3) is 0.571. The van der Waals surface area contributed by atoms with Gasteiger partial charge in [0.2, 0.25) is 0 Å². The zero-order valence-electron chi connectivity index (χ0n) is 10.5. The summed E-state index contributed by atoms with van der Waals surface area (Å²) in [6.07, 6.45) is 1.26. The Labute approximate surface area is 103 Å². The van der Waals surface area contributed by atoms with Crippen LogP contribution in [0.25, 0.3) is 0 Å². The Hall–Kier alpha value is -0.630. The topological polar surface area (TPSA) is 9.23 Å². The van der Waals surface area contributed by atoms with Crippen molar-refractivity contribution < 1.29 is 4.74 Å². The zero-order chi connectivity index (χ0) is 11.8. The molecule has 0 spiro atoms. The first-order chi connectivity index (χ1) is 7.57.